The molecule has 0 amide bonds. The highest BCUT2D eigenvalue weighted by Crippen LogP contribution is 2.08. The predicted octanol–water partition coefficient (Wildman–Crippen LogP) is 0.180. The molecule has 1 aliphatic rings. The first-order valence-electron chi connectivity index (χ1n) is 2.08. The van der Waals surface area contributed by atoms with E-state index >= 15 is 0 Å². The van der Waals surface area contributed by atoms with E-state index in [0.29, 0.717) is 18.6 Å². The Kier molecular flexibility index (Phi) is 0.817. The minimum atomic E-state index is -0.0255. The molecule has 0 saturated heterocycles. The van der Waals surface area contributed by atoms with E-state index in [-0.39, 0.29) is 5.78 Å². The van der Waals surface area contributed by atoms with Gasteiger partial charge in [-0.25, -0.2) is 0 Å². The highest BCUT2D eigenvalue weighted by atomic mass is 16.4. The summed E-state index contributed by atoms with van der Waals surface area (Å²) in [5.41, 5.74) is 0.319. The molecular weight excluding hydrogens is 94.0 g/mol. The first-order chi connectivity index (χ1) is 3.34. The van der Waals surface area contributed by atoms with Crippen molar-refractivity contribution in [2.24, 2.45) is 5.16 Å². The summed E-state index contributed by atoms with van der Waals surface area (Å²) in [7, 11) is 0. The third-order valence-electron chi connectivity index (χ3n) is 1.03. The average molecular weight is 99.1 g/mol. The van der Waals surface area contributed by atoms with Crippen molar-refractivity contribution in [3.63, 3.8) is 0 Å². The van der Waals surface area contributed by atoms with Gasteiger partial charge in [-0.15, -0.1) is 0 Å². The Balaban J connectivity index is 2.61. The summed E-state index contributed by atoms with van der Waals surface area (Å²) < 4.78 is 0. The molecule has 1 N–H and O–H groups in total. The Labute approximate surface area is 40.6 Å². The maximum atomic E-state index is 10.2. The topological polar surface area (TPSA) is 49.7 Å². The van der Waals surface area contributed by atoms with Crippen molar-refractivity contribution in [2.45, 2.75) is 12.8 Å². The van der Waals surface area contributed by atoms with Gasteiger partial charge >= 0.3 is 0 Å². The first-order valence-corrected chi connectivity index (χ1v) is 2.08. The standard InChI is InChI=1S/C4H5NO2/c6-4-2-1-3(4)5-7/h7H,1-2H2. The number of carbonyl (C=O) groups is 1. The van der Waals surface area contributed by atoms with E-state index < -0.39 is 0 Å². The Morgan fingerprint density at radius 2 is 2.29 bits per heavy atom. The van der Waals surface area contributed by atoms with Crippen LogP contribution in [-0.2, 0) is 4.79 Å². The highest BCUT2D eigenvalue weighted by Gasteiger charge is 2.22. The Hall–Kier alpha value is -0.860. The van der Waals surface area contributed by atoms with Gasteiger partial charge in [0.15, 0.2) is 5.78 Å². The van der Waals surface area contributed by atoms with Gasteiger partial charge in [0.1, 0.15) is 5.71 Å². The molecule has 0 bridgehead atoms. The fraction of sp³-hybridized carbons (Fsp3) is 0.500. The molecule has 1 rings (SSSR count). The summed E-state index contributed by atoms with van der Waals surface area (Å²) in [6, 6.07) is 0. The van der Waals surface area contributed by atoms with E-state index in [4.69, 9.17) is 5.21 Å². The van der Waals surface area contributed by atoms with Crippen molar-refractivity contribution in [2.75, 3.05) is 0 Å². The van der Waals surface area contributed by atoms with Gasteiger partial charge in [0.25, 0.3) is 0 Å². The largest absolute Gasteiger partial charge is 0.411 e. The van der Waals surface area contributed by atoms with Crippen LogP contribution in [0.5, 0.6) is 0 Å². The maximum Gasteiger partial charge on any atom is 0.180 e. The van der Waals surface area contributed by atoms with Crippen LogP contribution in [0.3, 0.4) is 0 Å². The van der Waals surface area contributed by atoms with Crippen LogP contribution in [0.25, 0.3) is 0 Å². The molecule has 7 heavy (non-hydrogen) atoms. The monoisotopic (exact) mass is 99.0 g/mol. The van der Waals surface area contributed by atoms with Crippen molar-refractivity contribution in [1.29, 1.82) is 0 Å². The van der Waals surface area contributed by atoms with E-state index in [0.717, 1.165) is 0 Å². The molecule has 1 aliphatic carbocycles. The Morgan fingerprint density at radius 1 is 1.57 bits per heavy atom. The maximum absolute atomic E-state index is 10.2. The van der Waals surface area contributed by atoms with Crippen molar-refractivity contribution in [3.8, 4) is 0 Å². The zero-order valence-electron chi connectivity index (χ0n) is 3.72. The minimum Gasteiger partial charge on any atom is -0.411 e. The molecule has 1 fully saturated rings. The van der Waals surface area contributed by atoms with Crippen LogP contribution in [0, 0.1) is 0 Å². The predicted molar refractivity (Wildman–Crippen MR) is 23.5 cm³/mol. The van der Waals surface area contributed by atoms with Crippen LogP contribution < -0.4 is 0 Å². The number of hydrogen-bond donors (Lipinski definition) is 1. The molecule has 3 nitrogen and oxygen atoms in total. The van der Waals surface area contributed by atoms with Gasteiger partial charge in [0, 0.05) is 12.8 Å². The van der Waals surface area contributed by atoms with Gasteiger partial charge in [-0.05, 0) is 0 Å². The summed E-state index contributed by atoms with van der Waals surface area (Å²) in [5.74, 6) is -0.0255. The molecule has 0 radical (unpaired) electrons. The zero-order chi connectivity index (χ0) is 5.28. The molecular formula is C4H5NO2. The number of oxime groups is 1. The van der Waals surface area contributed by atoms with Crippen LogP contribution in [0.1, 0.15) is 12.8 Å². The summed E-state index contributed by atoms with van der Waals surface area (Å²) in [6.07, 6.45) is 1.20. The molecule has 3 heteroatoms. The molecule has 0 unspecified atom stereocenters. The van der Waals surface area contributed by atoms with Crippen LogP contribution in [0.2, 0.25) is 0 Å². The van der Waals surface area contributed by atoms with Crippen molar-refractivity contribution < 1.29 is 10.0 Å². The van der Waals surface area contributed by atoms with Crippen LogP contribution in [0.15, 0.2) is 5.16 Å². The molecule has 38 valence electrons. The number of rotatable bonds is 0. The number of ketones is 1. The van der Waals surface area contributed by atoms with Gasteiger partial charge in [-0.2, -0.15) is 0 Å². The van der Waals surface area contributed by atoms with Crippen LogP contribution >= 0.6 is 0 Å². The molecule has 0 atom stereocenters. The quantitative estimate of drug-likeness (QED) is 0.348. The molecule has 0 aromatic rings. The second-order valence-electron chi connectivity index (χ2n) is 1.47. The lowest BCUT2D eigenvalue weighted by molar-refractivity contribution is -0.115. The number of hydrogen-bond acceptors (Lipinski definition) is 3. The van der Waals surface area contributed by atoms with Gasteiger partial charge in [0.2, 0.25) is 0 Å². The average Bonchev–Trinajstić information content (AvgIpc) is 1.65. The van der Waals surface area contributed by atoms with E-state index in [1.54, 1.807) is 0 Å². The lowest BCUT2D eigenvalue weighted by Crippen LogP contribution is -2.25. The Bertz CT molecular complexity index is 128. The second-order valence-corrected chi connectivity index (χ2v) is 1.47. The van der Waals surface area contributed by atoms with Crippen LogP contribution in [-0.4, -0.2) is 16.7 Å². The van der Waals surface area contributed by atoms with Crippen molar-refractivity contribution in [3.05, 3.63) is 0 Å². The summed E-state index contributed by atoms with van der Waals surface area (Å²) >= 11 is 0. The summed E-state index contributed by atoms with van der Waals surface area (Å²) in [4.78, 5) is 10.2. The minimum absolute atomic E-state index is 0.0255. The zero-order valence-corrected chi connectivity index (χ0v) is 3.72. The number of carbonyl (C=O) groups excluding carboxylic acids is 1. The molecule has 0 aromatic carbocycles. The highest BCUT2D eigenvalue weighted by molar-refractivity contribution is 6.45. The first kappa shape index (κ1) is 4.30. The van der Waals surface area contributed by atoms with E-state index in [2.05, 4.69) is 5.16 Å². The van der Waals surface area contributed by atoms with E-state index in [9.17, 15) is 4.79 Å². The van der Waals surface area contributed by atoms with Gasteiger partial charge < -0.3 is 5.21 Å². The number of Topliss-reactive ketones (excluding diaryl/α,β-unsaturated/α-hetero) is 1. The molecule has 1 saturated carbocycles. The van der Waals surface area contributed by atoms with E-state index in [1.807, 2.05) is 0 Å². The third kappa shape index (κ3) is 0.493. The lowest BCUT2D eigenvalue weighted by Gasteiger charge is -2.08. The van der Waals surface area contributed by atoms with Crippen molar-refractivity contribution >= 4 is 11.5 Å². The molecule has 0 aliphatic heterocycles. The molecule has 0 heterocycles. The lowest BCUT2D eigenvalue weighted by atomic mass is 9.96. The summed E-state index contributed by atoms with van der Waals surface area (Å²) in [5, 5.41) is 10.7. The fourth-order valence-corrected chi connectivity index (χ4v) is 0.445. The van der Waals surface area contributed by atoms with E-state index in [1.165, 1.54) is 0 Å². The second kappa shape index (κ2) is 1.33. The smallest absolute Gasteiger partial charge is 0.180 e. The fourth-order valence-electron chi connectivity index (χ4n) is 0.445. The third-order valence-corrected chi connectivity index (χ3v) is 1.03. The SMILES string of the molecule is O=C1CCC1=NO. The molecule has 0 spiro atoms. The van der Waals surface area contributed by atoms with Gasteiger partial charge in [-0.3, -0.25) is 4.79 Å². The van der Waals surface area contributed by atoms with Gasteiger partial charge in [-0.1, -0.05) is 5.16 Å². The number of nitrogens with zero attached hydrogens (tertiary/aromatic N) is 1. The van der Waals surface area contributed by atoms with Crippen molar-refractivity contribution in [1.82, 2.24) is 0 Å². The normalized spacial score (nSPS) is 25.1. The van der Waals surface area contributed by atoms with Gasteiger partial charge in [0.05, 0.1) is 0 Å². The Morgan fingerprint density at radius 3 is 2.29 bits per heavy atom. The molecule has 0 aromatic heterocycles. The van der Waals surface area contributed by atoms with Crippen LogP contribution in [0.4, 0.5) is 0 Å². The summed E-state index contributed by atoms with van der Waals surface area (Å²) in [6.45, 7) is 0.